The summed E-state index contributed by atoms with van der Waals surface area (Å²) in [5, 5.41) is 43.3. The van der Waals surface area contributed by atoms with E-state index in [0.717, 1.165) is 109 Å². The van der Waals surface area contributed by atoms with Crippen LogP contribution in [0.4, 0.5) is 26.3 Å². The number of nitrogens with one attached hydrogen (secondary N) is 2. The molecular formula is C75H153F6N9O12S3. The lowest BCUT2D eigenvalue weighted by molar-refractivity contribution is -0.164. The van der Waals surface area contributed by atoms with Gasteiger partial charge in [-0.2, -0.15) is 42.1 Å². The van der Waals surface area contributed by atoms with E-state index in [4.69, 9.17) is 35.5 Å². The molecule has 5 aliphatic heterocycles. The molecule has 0 aromatic rings. The number of sulfone groups is 2. The topological polar surface area (TPSA) is 304 Å². The van der Waals surface area contributed by atoms with Crippen LogP contribution in [-0.4, -0.2) is 237 Å². The number of likely N-dealkylation sites (tertiary alicyclic amines) is 2. The van der Waals surface area contributed by atoms with Crippen molar-refractivity contribution in [2.45, 2.75) is 279 Å². The first-order chi connectivity index (χ1) is 47.5. The summed E-state index contributed by atoms with van der Waals surface area (Å²) in [5.41, 5.74) is 0. The monoisotopic (exact) mass is 1580 g/mol. The summed E-state index contributed by atoms with van der Waals surface area (Å²) in [5.74, 6) is 3.93. The summed E-state index contributed by atoms with van der Waals surface area (Å²) >= 11 is 0. The highest BCUT2D eigenvalue weighted by atomic mass is 32.2. The van der Waals surface area contributed by atoms with E-state index in [1.54, 1.807) is 61.5 Å². The molecule has 0 bridgehead atoms. The molecule has 0 radical (unpaired) electrons. The maximum absolute atomic E-state index is 11.5. The number of carbonyl (C=O) groups excluding carboxylic acids is 2. The third-order valence-corrected chi connectivity index (χ3v) is 19.6. The molecule has 5 saturated heterocycles. The smallest absolute Gasteiger partial charge is 0.391 e. The van der Waals surface area contributed by atoms with Crippen LogP contribution in [0.3, 0.4) is 0 Å². The number of amides is 1. The highest BCUT2D eigenvalue weighted by Crippen LogP contribution is 2.26. The average Bonchev–Trinajstić information content (AvgIpc) is 0.849. The summed E-state index contributed by atoms with van der Waals surface area (Å²) in [7, 11) is -6.19. The summed E-state index contributed by atoms with van der Waals surface area (Å²) in [6.07, 6.45) is -3.46. The molecule has 1 unspecified atom stereocenters. The van der Waals surface area contributed by atoms with Crippen LogP contribution in [-0.2, 0) is 48.8 Å². The standard InChI is InChI=1S/C9H19N.C7H11F3O.C7H12N2.C7H15NO2S.C7H15NO.C7H16O.C6H10N2O.C6H12O.C4H7F3.C4H11NO2S.C4H7N.C4H10O2S.C3H8O/c1-8(2)9-4-6-10(3)7-5-9;1-5(2)6(11)3-4-7(8,9)10;1-6(2)9-4-7(3-8)5-9;1-7(2)8-3-5-11(9,10)6-4-8;1-7(2)8-3-5-9-6-4-8;1-6(2)4-7(3)5-8;1-5(2)8-6(9)3-4-7;1-5(2)6-3-7-4-6;1-3(2)4(5,6)7;1-4(2)5-8(3,6)7;1-4(2)3-5;1-4(2)7(3,5)6;1-3(2)4/h8-9H,4-7H2,1-3H3;5H,3-4H2,1-2H3;6-7H,4-5H2,1-2H3;7H,3-6H2,1-2H3;7H,3-6H2,1-2H3;6-8H,4-5H2,1-3H3;5H,3H2,1-2H3,(H,8,9);5-6H,3-4H2,1-2H3;3H,1-2H3;4-5H,1-3H3;4H,1-2H3;4H,1-3H3;3-4H,1-2H3. The van der Waals surface area contributed by atoms with Crippen LogP contribution < -0.4 is 10.0 Å². The first kappa shape index (κ1) is 117. The molecule has 0 aromatic carbocycles. The van der Waals surface area contributed by atoms with Gasteiger partial charge in [-0.1, -0.05) is 76.2 Å². The summed E-state index contributed by atoms with van der Waals surface area (Å²) in [6.45, 7) is 64.1. The minimum atomic E-state index is -4.20. The SMILES string of the molecule is CC(C)C#N.CC(C)C(=O)CCC(F)(F)F.CC(C)C(F)(F)F.CC(C)C1CCN(C)CC1.CC(C)C1COC1.CC(C)CC(C)CO.CC(C)N1CC(C#N)C1.CC(C)N1CCOCC1.CC(C)N1CCS(=O)(=O)CC1.CC(C)NC(=O)CC#N.CC(C)NS(C)(=O)=O.CC(C)O.CC(C)S(C)(=O)=O. The van der Waals surface area contributed by atoms with Gasteiger partial charge in [-0.3, -0.25) is 24.3 Å². The number of aliphatic hydroxyl groups is 2. The molecule has 30 heteroatoms. The predicted octanol–water partition coefficient (Wildman–Crippen LogP) is 13.8. The van der Waals surface area contributed by atoms with Crippen molar-refractivity contribution in [2.75, 3.05) is 116 Å². The lowest BCUT2D eigenvalue weighted by atomic mass is 9.87. The quantitative estimate of drug-likeness (QED) is 0.104. The third-order valence-electron chi connectivity index (χ3n) is 15.4. The van der Waals surface area contributed by atoms with E-state index in [1.165, 1.54) is 32.2 Å². The van der Waals surface area contributed by atoms with Gasteiger partial charge in [0.2, 0.25) is 15.9 Å². The van der Waals surface area contributed by atoms with Crippen molar-refractivity contribution in [1.29, 1.82) is 15.8 Å². The fourth-order valence-corrected chi connectivity index (χ4v) is 10.1. The molecule has 0 aliphatic carbocycles. The number of hydrogen-bond acceptors (Lipinski definition) is 19. The fraction of sp³-hybridized carbons (Fsp3) is 0.933. The Morgan fingerprint density at radius 1 is 0.619 bits per heavy atom. The van der Waals surface area contributed by atoms with Crippen LogP contribution in [0.2, 0.25) is 0 Å². The number of sulfonamides is 1. The van der Waals surface area contributed by atoms with E-state index in [9.17, 15) is 61.2 Å². The third kappa shape index (κ3) is 89.5. The first-order valence-corrected chi connectivity index (χ1v) is 43.0. The van der Waals surface area contributed by atoms with Crippen LogP contribution >= 0.6 is 0 Å². The number of halogens is 6. The predicted molar refractivity (Wildman–Crippen MR) is 419 cm³/mol. The second-order valence-corrected chi connectivity index (χ2v) is 37.7. The number of alkyl halides is 6. The Balaban J connectivity index is -0.000000163. The number of hydrogen-bond donors (Lipinski definition) is 4. The molecule has 105 heavy (non-hydrogen) atoms. The van der Waals surface area contributed by atoms with Crippen LogP contribution in [0.15, 0.2) is 0 Å². The van der Waals surface area contributed by atoms with Crippen molar-refractivity contribution in [3.8, 4) is 18.2 Å². The Morgan fingerprint density at radius 3 is 1.20 bits per heavy atom. The van der Waals surface area contributed by atoms with E-state index < -0.39 is 54.4 Å². The second kappa shape index (κ2) is 65.4. The maximum Gasteiger partial charge on any atom is 0.391 e. The zero-order valence-electron chi connectivity index (χ0n) is 70.8. The molecule has 0 aromatic heterocycles. The first-order valence-electron chi connectivity index (χ1n) is 37.4. The highest BCUT2D eigenvalue weighted by molar-refractivity contribution is 7.91. The van der Waals surface area contributed by atoms with Gasteiger partial charge in [-0.05, 0) is 180 Å². The molecule has 0 spiro atoms. The van der Waals surface area contributed by atoms with Crippen LogP contribution in [0.5, 0.6) is 0 Å². The van der Waals surface area contributed by atoms with E-state index in [-0.39, 0.29) is 59.8 Å². The minimum absolute atomic E-state index is 0.00463. The van der Waals surface area contributed by atoms with Gasteiger partial charge in [0, 0.05) is 119 Å². The fourth-order valence-electron chi connectivity index (χ4n) is 7.99. The summed E-state index contributed by atoms with van der Waals surface area (Å²) in [6, 6.07) is 7.95. The highest BCUT2D eigenvalue weighted by Gasteiger charge is 2.32. The molecule has 5 fully saturated rings. The molecule has 5 rings (SSSR count). The van der Waals surface area contributed by atoms with Gasteiger partial charge in [0.25, 0.3) is 0 Å². The van der Waals surface area contributed by atoms with Gasteiger partial charge in [0.05, 0.1) is 80.0 Å². The van der Waals surface area contributed by atoms with Gasteiger partial charge in [-0.25, -0.2) is 30.0 Å². The maximum atomic E-state index is 11.5. The summed E-state index contributed by atoms with van der Waals surface area (Å²) < 4.78 is 144. The average molecular weight is 1580 g/mol. The van der Waals surface area contributed by atoms with Crippen molar-refractivity contribution in [3.05, 3.63) is 0 Å². The van der Waals surface area contributed by atoms with Crippen molar-refractivity contribution in [3.63, 3.8) is 0 Å². The molecule has 1 atom stereocenters. The lowest BCUT2D eigenvalue weighted by Crippen LogP contribution is -2.49. The van der Waals surface area contributed by atoms with Gasteiger partial charge < -0.3 is 29.9 Å². The van der Waals surface area contributed by atoms with Crippen molar-refractivity contribution < 1.29 is 80.9 Å². The van der Waals surface area contributed by atoms with Crippen molar-refractivity contribution >= 4 is 41.4 Å². The van der Waals surface area contributed by atoms with Gasteiger partial charge in [0.1, 0.15) is 22.0 Å². The number of ether oxygens (including phenoxy) is 2. The molecule has 630 valence electrons. The number of piperidine rings is 1. The zero-order chi connectivity index (χ0) is 84.6. The van der Waals surface area contributed by atoms with Crippen LogP contribution in [0.1, 0.15) is 225 Å². The van der Waals surface area contributed by atoms with Gasteiger partial charge in [-0.15, -0.1) is 0 Å². The molecule has 21 nitrogen and oxygen atoms in total. The van der Waals surface area contributed by atoms with Gasteiger partial charge >= 0.3 is 12.4 Å². The van der Waals surface area contributed by atoms with E-state index in [1.807, 2.05) is 33.8 Å². The Kier molecular flexibility index (Phi) is 73.1. The molecule has 0 saturated carbocycles. The largest absolute Gasteiger partial charge is 0.396 e. The molecular weight excluding hydrogens is 1430 g/mol. The molecule has 4 N–H and O–H groups in total. The van der Waals surface area contributed by atoms with Crippen LogP contribution in [0.25, 0.3) is 0 Å². The minimum Gasteiger partial charge on any atom is -0.396 e. The van der Waals surface area contributed by atoms with E-state index in [2.05, 4.69) is 133 Å². The van der Waals surface area contributed by atoms with Crippen LogP contribution in [0, 0.1) is 93.2 Å². The Morgan fingerprint density at radius 2 is 1.00 bits per heavy atom. The zero-order valence-corrected chi connectivity index (χ0v) is 73.2. The Bertz CT molecular complexity index is 2550. The van der Waals surface area contributed by atoms with Crippen molar-refractivity contribution in [2.24, 2.45) is 59.2 Å². The molecule has 5 aliphatic rings. The second-order valence-electron chi connectivity index (χ2n) is 31.0. The molecule has 5 heterocycles. The lowest BCUT2D eigenvalue weighted by Gasteiger charge is -2.38. The number of morpholine rings is 1. The number of carbonyl (C=O) groups is 2. The van der Waals surface area contributed by atoms with E-state index in [0.29, 0.717) is 61.2 Å². The van der Waals surface area contributed by atoms with Gasteiger partial charge in [0.15, 0.2) is 9.84 Å². The number of nitriles is 3. The number of Topliss-reactive ketones (excluding diaryl/α,β-unsaturated/α-hetero) is 1. The van der Waals surface area contributed by atoms with Crippen molar-refractivity contribution in [1.82, 2.24) is 29.6 Å². The number of ketones is 1. The normalized spacial score (nSPS) is 16.8. The number of rotatable bonds is 16. The molecule has 1 amide bonds. The number of aliphatic hydroxyl groups excluding tert-OH is 2. The Labute approximate surface area is 637 Å². The summed E-state index contributed by atoms with van der Waals surface area (Å²) in [4.78, 5) is 30.6. The van der Waals surface area contributed by atoms with E-state index >= 15 is 0 Å². The Hall–Kier alpha value is -3.32. The number of nitrogens with zero attached hydrogens (tertiary/aromatic N) is 7.